The summed E-state index contributed by atoms with van der Waals surface area (Å²) in [6, 6.07) is 15.4. The van der Waals surface area contributed by atoms with Gasteiger partial charge in [-0.25, -0.2) is 13.1 Å². The van der Waals surface area contributed by atoms with Gasteiger partial charge in [-0.3, -0.25) is 4.90 Å². The molecular weight excluding hydrogens is 464 g/mol. The first-order valence-corrected chi connectivity index (χ1v) is 13.7. The van der Waals surface area contributed by atoms with Crippen LogP contribution in [-0.2, 0) is 21.3 Å². The molecule has 0 bridgehead atoms. The van der Waals surface area contributed by atoms with Gasteiger partial charge in [0.05, 0.1) is 18.1 Å². The second-order valence-electron chi connectivity index (χ2n) is 9.17. The lowest BCUT2D eigenvalue weighted by molar-refractivity contribution is 0.0342. The maximum atomic E-state index is 12.8. The first-order chi connectivity index (χ1) is 17.0. The molecule has 10 heteroatoms. The van der Waals surface area contributed by atoms with Crippen LogP contribution in [-0.4, -0.2) is 77.2 Å². The van der Waals surface area contributed by atoms with E-state index in [1.807, 2.05) is 24.3 Å². The highest BCUT2D eigenvalue weighted by molar-refractivity contribution is 7.89. The van der Waals surface area contributed by atoms with Crippen LogP contribution in [0, 0.1) is 5.92 Å². The number of likely N-dealkylation sites (tertiary alicyclic amines) is 1. The molecule has 2 aliphatic heterocycles. The standard InChI is InChI=1S/C25H34N6O3S/c26-29-27-19-21-9-12-30(13-10-21)14-11-28-35(32,33)24-7-5-22(6-8-24)25-4-2-1-3-23(25)20-31-15-17-34-18-16-31/h1-8,21,28H,9-20H2. The van der Waals surface area contributed by atoms with Crippen molar-refractivity contribution >= 4 is 10.0 Å². The number of rotatable bonds is 10. The molecule has 0 aromatic heterocycles. The third-order valence-electron chi connectivity index (χ3n) is 6.82. The van der Waals surface area contributed by atoms with E-state index < -0.39 is 10.0 Å². The average molecular weight is 499 g/mol. The molecule has 2 aliphatic rings. The second kappa shape index (κ2) is 12.5. The van der Waals surface area contributed by atoms with Gasteiger partial charge in [-0.2, -0.15) is 0 Å². The van der Waals surface area contributed by atoms with E-state index >= 15 is 0 Å². The summed E-state index contributed by atoms with van der Waals surface area (Å²) in [7, 11) is -3.57. The molecule has 35 heavy (non-hydrogen) atoms. The Labute approximate surface area is 207 Å². The predicted octanol–water partition coefficient (Wildman–Crippen LogP) is 3.49. The minimum absolute atomic E-state index is 0.278. The molecule has 0 unspecified atom stereocenters. The van der Waals surface area contributed by atoms with Gasteiger partial charge in [-0.05, 0) is 66.2 Å². The quantitative estimate of drug-likeness (QED) is 0.306. The molecule has 0 radical (unpaired) electrons. The molecule has 0 spiro atoms. The maximum absolute atomic E-state index is 12.8. The number of nitrogens with zero attached hydrogens (tertiary/aromatic N) is 5. The van der Waals surface area contributed by atoms with Crippen molar-refractivity contribution in [2.45, 2.75) is 24.3 Å². The lowest BCUT2D eigenvalue weighted by atomic mass is 9.97. The Hall–Kier alpha value is -2.46. The van der Waals surface area contributed by atoms with E-state index in [2.05, 4.69) is 36.7 Å². The number of piperidine rings is 1. The van der Waals surface area contributed by atoms with E-state index in [1.165, 1.54) is 5.56 Å². The summed E-state index contributed by atoms with van der Waals surface area (Å²) in [5, 5.41) is 3.67. The largest absolute Gasteiger partial charge is 0.379 e. The number of ether oxygens (including phenoxy) is 1. The third-order valence-corrected chi connectivity index (χ3v) is 8.30. The molecular formula is C25H34N6O3S. The average Bonchev–Trinajstić information content (AvgIpc) is 2.89. The van der Waals surface area contributed by atoms with Crippen molar-refractivity contribution in [3.8, 4) is 11.1 Å². The molecule has 2 aromatic carbocycles. The minimum Gasteiger partial charge on any atom is -0.379 e. The number of hydrogen-bond acceptors (Lipinski definition) is 6. The van der Waals surface area contributed by atoms with Crippen LogP contribution in [0.2, 0.25) is 0 Å². The zero-order valence-electron chi connectivity index (χ0n) is 20.1. The molecule has 4 rings (SSSR count). The summed E-state index contributed by atoms with van der Waals surface area (Å²) >= 11 is 0. The van der Waals surface area contributed by atoms with Crippen LogP contribution in [0.5, 0.6) is 0 Å². The van der Waals surface area contributed by atoms with Crippen LogP contribution in [0.15, 0.2) is 58.5 Å². The highest BCUT2D eigenvalue weighted by Crippen LogP contribution is 2.26. The van der Waals surface area contributed by atoms with Gasteiger partial charge in [0.15, 0.2) is 0 Å². The molecule has 9 nitrogen and oxygen atoms in total. The molecule has 1 N–H and O–H groups in total. The van der Waals surface area contributed by atoms with Gasteiger partial charge in [0.25, 0.3) is 0 Å². The van der Waals surface area contributed by atoms with Crippen LogP contribution in [0.4, 0.5) is 0 Å². The molecule has 2 saturated heterocycles. The Balaban J connectivity index is 1.32. The fourth-order valence-electron chi connectivity index (χ4n) is 4.72. The molecule has 0 atom stereocenters. The zero-order valence-corrected chi connectivity index (χ0v) is 20.9. The van der Waals surface area contributed by atoms with Crippen molar-refractivity contribution in [3.05, 3.63) is 64.5 Å². The van der Waals surface area contributed by atoms with Gasteiger partial charge >= 0.3 is 0 Å². The minimum atomic E-state index is -3.57. The second-order valence-corrected chi connectivity index (χ2v) is 10.9. The first kappa shape index (κ1) is 25.6. The third kappa shape index (κ3) is 7.27. The van der Waals surface area contributed by atoms with Crippen molar-refractivity contribution in [2.75, 3.05) is 59.0 Å². The van der Waals surface area contributed by atoms with Gasteiger partial charge in [0.1, 0.15) is 0 Å². The summed E-state index contributed by atoms with van der Waals surface area (Å²) in [5.74, 6) is 0.427. The van der Waals surface area contributed by atoms with Gasteiger partial charge in [0, 0.05) is 44.2 Å². The highest BCUT2D eigenvalue weighted by atomic mass is 32.2. The normalized spacial score (nSPS) is 18.3. The van der Waals surface area contributed by atoms with Gasteiger partial charge < -0.3 is 9.64 Å². The lowest BCUT2D eigenvalue weighted by Crippen LogP contribution is -2.40. The Morgan fingerprint density at radius 3 is 2.43 bits per heavy atom. The highest BCUT2D eigenvalue weighted by Gasteiger charge is 2.20. The van der Waals surface area contributed by atoms with E-state index in [0.717, 1.165) is 69.9 Å². The van der Waals surface area contributed by atoms with Crippen LogP contribution < -0.4 is 4.72 Å². The Morgan fingerprint density at radius 2 is 1.71 bits per heavy atom. The molecule has 2 aromatic rings. The van der Waals surface area contributed by atoms with Crippen molar-refractivity contribution < 1.29 is 13.2 Å². The Kier molecular flexibility index (Phi) is 9.14. The molecule has 2 heterocycles. The number of benzene rings is 2. The molecule has 0 amide bonds. The monoisotopic (exact) mass is 498 g/mol. The Bertz CT molecular complexity index is 1100. The van der Waals surface area contributed by atoms with Crippen LogP contribution >= 0.6 is 0 Å². The zero-order chi connectivity index (χ0) is 24.5. The van der Waals surface area contributed by atoms with Crippen LogP contribution in [0.1, 0.15) is 18.4 Å². The smallest absolute Gasteiger partial charge is 0.240 e. The molecule has 0 aliphatic carbocycles. The first-order valence-electron chi connectivity index (χ1n) is 12.3. The fraction of sp³-hybridized carbons (Fsp3) is 0.520. The van der Waals surface area contributed by atoms with E-state index in [9.17, 15) is 8.42 Å². The van der Waals surface area contributed by atoms with Gasteiger partial charge in [0.2, 0.25) is 10.0 Å². The number of azide groups is 1. The summed E-state index contributed by atoms with van der Waals surface area (Å²) in [5.41, 5.74) is 11.8. The summed E-state index contributed by atoms with van der Waals surface area (Å²) in [4.78, 5) is 7.75. The lowest BCUT2D eigenvalue weighted by Gasteiger charge is -2.31. The topological polar surface area (TPSA) is 111 Å². The summed E-state index contributed by atoms with van der Waals surface area (Å²) in [6.07, 6.45) is 1.94. The van der Waals surface area contributed by atoms with Crippen LogP contribution in [0.3, 0.4) is 0 Å². The Morgan fingerprint density at radius 1 is 1.00 bits per heavy atom. The van der Waals surface area contributed by atoms with Gasteiger partial charge in [-0.1, -0.05) is 41.5 Å². The molecule has 2 fully saturated rings. The maximum Gasteiger partial charge on any atom is 0.240 e. The number of sulfonamides is 1. The van der Waals surface area contributed by atoms with Crippen molar-refractivity contribution in [1.29, 1.82) is 0 Å². The van der Waals surface area contributed by atoms with Crippen molar-refractivity contribution in [1.82, 2.24) is 14.5 Å². The van der Waals surface area contributed by atoms with E-state index in [0.29, 0.717) is 25.6 Å². The fourth-order valence-corrected chi connectivity index (χ4v) is 5.74. The number of hydrogen-bond donors (Lipinski definition) is 1. The van der Waals surface area contributed by atoms with Crippen LogP contribution in [0.25, 0.3) is 21.6 Å². The van der Waals surface area contributed by atoms with Crippen molar-refractivity contribution in [2.24, 2.45) is 11.0 Å². The predicted molar refractivity (Wildman–Crippen MR) is 136 cm³/mol. The number of morpholine rings is 1. The summed E-state index contributed by atoms with van der Waals surface area (Å²) < 4.78 is 33.8. The molecule has 0 saturated carbocycles. The van der Waals surface area contributed by atoms with Gasteiger partial charge in [-0.15, -0.1) is 0 Å². The van der Waals surface area contributed by atoms with Crippen molar-refractivity contribution in [3.63, 3.8) is 0 Å². The summed E-state index contributed by atoms with van der Waals surface area (Å²) in [6.45, 7) is 7.59. The number of nitrogens with one attached hydrogen (secondary N) is 1. The SMILES string of the molecule is [N-]=[N+]=NCC1CCN(CCNS(=O)(=O)c2ccc(-c3ccccc3CN3CCOCC3)cc2)CC1. The van der Waals surface area contributed by atoms with E-state index in [4.69, 9.17) is 10.3 Å². The molecule has 188 valence electrons. The van der Waals surface area contributed by atoms with E-state index in [1.54, 1.807) is 12.1 Å². The van der Waals surface area contributed by atoms with E-state index in [-0.39, 0.29) is 4.90 Å².